The summed E-state index contributed by atoms with van der Waals surface area (Å²) in [6.45, 7) is 2.48. The van der Waals surface area contributed by atoms with Crippen molar-refractivity contribution >= 4 is 22.1 Å². The fraction of sp³-hybridized carbons (Fsp3) is 0.724. The van der Waals surface area contributed by atoms with Crippen molar-refractivity contribution in [3.8, 4) is 5.75 Å². The minimum absolute atomic E-state index is 0.246. The number of unbranched alkanes of at least 4 members (excludes halogenated alkanes) is 13. The fourth-order valence-electron chi connectivity index (χ4n) is 4.36. The average molecular weight is 557 g/mol. The molecular formula is C29H48O8S. The Morgan fingerprint density at radius 1 is 0.789 bits per heavy atom. The first-order valence-corrected chi connectivity index (χ1v) is 15.8. The van der Waals surface area contributed by atoms with Crippen LogP contribution in [0.4, 0.5) is 0 Å². The summed E-state index contributed by atoms with van der Waals surface area (Å²) >= 11 is 0. The highest BCUT2D eigenvalue weighted by Crippen LogP contribution is 2.18. The largest absolute Gasteiger partial charge is 0.493 e. The van der Waals surface area contributed by atoms with Gasteiger partial charge in [-0.1, -0.05) is 109 Å². The number of hydrogen-bond donors (Lipinski definition) is 2. The third-order valence-corrected chi connectivity index (χ3v) is 7.67. The number of carbonyl (C=O) groups excluding carboxylic acids is 1. The van der Waals surface area contributed by atoms with E-state index in [1.165, 1.54) is 64.2 Å². The first-order valence-electron chi connectivity index (χ1n) is 14.3. The van der Waals surface area contributed by atoms with Crippen molar-refractivity contribution < 1.29 is 37.1 Å². The molecule has 38 heavy (non-hydrogen) atoms. The van der Waals surface area contributed by atoms with Gasteiger partial charge >= 0.3 is 11.9 Å². The van der Waals surface area contributed by atoms with Crippen molar-refractivity contribution in [1.82, 2.24) is 0 Å². The van der Waals surface area contributed by atoms with Crippen LogP contribution < -0.4 is 4.74 Å². The lowest BCUT2D eigenvalue weighted by molar-refractivity contribution is -0.152. The predicted octanol–water partition coefficient (Wildman–Crippen LogP) is 6.97. The maximum absolute atomic E-state index is 12.5. The molecule has 2 atom stereocenters. The maximum atomic E-state index is 12.5. The number of hydrogen-bond acceptors (Lipinski definition) is 6. The lowest BCUT2D eigenvalue weighted by Crippen LogP contribution is -2.36. The maximum Gasteiger partial charge on any atom is 0.327 e. The summed E-state index contributed by atoms with van der Waals surface area (Å²) in [5.41, 5.74) is 0. The summed E-state index contributed by atoms with van der Waals surface area (Å²) in [4.78, 5) is 23.4. The second-order valence-electron chi connectivity index (χ2n) is 10.00. The summed E-state index contributed by atoms with van der Waals surface area (Å²) in [6, 6.07) is 9.14. The molecule has 0 aliphatic rings. The Morgan fingerprint density at radius 3 is 1.76 bits per heavy atom. The number of esters is 1. The quantitative estimate of drug-likeness (QED) is 0.0794. The van der Waals surface area contributed by atoms with Gasteiger partial charge in [0.25, 0.3) is 10.1 Å². The molecule has 0 aliphatic heterocycles. The van der Waals surface area contributed by atoms with Crippen molar-refractivity contribution in [1.29, 1.82) is 0 Å². The molecule has 0 heterocycles. The van der Waals surface area contributed by atoms with E-state index >= 15 is 0 Å². The molecule has 8 nitrogen and oxygen atoms in total. The molecule has 1 rings (SSSR count). The second-order valence-corrected chi connectivity index (χ2v) is 11.6. The van der Waals surface area contributed by atoms with E-state index in [1.807, 2.05) is 18.2 Å². The Balaban J connectivity index is 2.38. The van der Waals surface area contributed by atoms with Gasteiger partial charge in [-0.15, -0.1) is 0 Å². The molecule has 1 aromatic carbocycles. The van der Waals surface area contributed by atoms with E-state index in [-0.39, 0.29) is 6.61 Å². The molecule has 2 N–H and O–H groups in total. The van der Waals surface area contributed by atoms with Crippen LogP contribution in [0.5, 0.6) is 5.75 Å². The van der Waals surface area contributed by atoms with E-state index in [9.17, 15) is 22.6 Å². The van der Waals surface area contributed by atoms with Crippen molar-refractivity contribution in [3.05, 3.63) is 30.3 Å². The van der Waals surface area contributed by atoms with E-state index in [0.29, 0.717) is 18.6 Å². The van der Waals surface area contributed by atoms with E-state index < -0.39 is 39.8 Å². The molecular weight excluding hydrogens is 508 g/mol. The SMILES string of the molecule is CCCCCCCCCCCCCCCCC(CCOc1ccccc1)OC(=O)C(CC(=O)O)S(=O)(=O)O. The topological polar surface area (TPSA) is 127 Å². The third kappa shape index (κ3) is 17.4. The summed E-state index contributed by atoms with van der Waals surface area (Å²) in [7, 11) is -4.90. The monoisotopic (exact) mass is 556 g/mol. The van der Waals surface area contributed by atoms with Crippen LogP contribution in [-0.2, 0) is 24.4 Å². The third-order valence-electron chi connectivity index (χ3n) is 6.60. The van der Waals surface area contributed by atoms with E-state index in [4.69, 9.17) is 14.6 Å². The van der Waals surface area contributed by atoms with Gasteiger partial charge in [-0.25, -0.2) is 0 Å². The highest BCUT2D eigenvalue weighted by molar-refractivity contribution is 7.87. The molecule has 0 saturated carbocycles. The Labute approximate surface area is 229 Å². The summed E-state index contributed by atoms with van der Waals surface area (Å²) in [5, 5.41) is 6.79. The van der Waals surface area contributed by atoms with Crippen molar-refractivity contribution in [2.75, 3.05) is 6.61 Å². The van der Waals surface area contributed by atoms with Crippen molar-refractivity contribution in [2.24, 2.45) is 0 Å². The smallest absolute Gasteiger partial charge is 0.327 e. The normalized spacial score (nSPS) is 13.1. The molecule has 0 bridgehead atoms. The molecule has 0 saturated heterocycles. The Bertz CT molecular complexity index is 857. The molecule has 0 fully saturated rings. The van der Waals surface area contributed by atoms with Crippen molar-refractivity contribution in [3.63, 3.8) is 0 Å². The first kappa shape index (κ1) is 33.9. The molecule has 2 unspecified atom stereocenters. The molecule has 0 radical (unpaired) electrons. The van der Waals surface area contributed by atoms with Gasteiger partial charge in [-0.05, 0) is 25.0 Å². The number of aliphatic carboxylic acids is 1. The van der Waals surface area contributed by atoms with Gasteiger partial charge in [-0.2, -0.15) is 8.42 Å². The molecule has 0 aromatic heterocycles. The summed E-state index contributed by atoms with van der Waals surface area (Å²) < 4.78 is 43.5. The summed E-state index contributed by atoms with van der Waals surface area (Å²) in [6.07, 6.45) is 16.2. The van der Waals surface area contributed by atoms with Crippen LogP contribution in [0.1, 0.15) is 116 Å². The molecule has 1 aromatic rings. The van der Waals surface area contributed by atoms with Crippen LogP contribution in [0.3, 0.4) is 0 Å². The van der Waals surface area contributed by atoms with Crippen LogP contribution in [-0.4, -0.2) is 48.0 Å². The molecule has 0 spiro atoms. The number of carboxylic acids is 1. The number of ether oxygens (including phenoxy) is 2. The van der Waals surface area contributed by atoms with Crippen LogP contribution in [0.15, 0.2) is 30.3 Å². The van der Waals surface area contributed by atoms with Crippen LogP contribution in [0.25, 0.3) is 0 Å². The minimum Gasteiger partial charge on any atom is -0.493 e. The van der Waals surface area contributed by atoms with Crippen molar-refractivity contribution in [2.45, 2.75) is 127 Å². The number of carboxylic acid groups (broad SMARTS) is 1. The van der Waals surface area contributed by atoms with Gasteiger partial charge in [-0.3, -0.25) is 14.1 Å². The Hall–Kier alpha value is -2.13. The zero-order chi connectivity index (χ0) is 28.1. The zero-order valence-corrected chi connectivity index (χ0v) is 23.8. The van der Waals surface area contributed by atoms with Gasteiger partial charge in [0.05, 0.1) is 13.0 Å². The Morgan fingerprint density at radius 2 is 1.29 bits per heavy atom. The predicted molar refractivity (Wildman–Crippen MR) is 149 cm³/mol. The fourth-order valence-corrected chi connectivity index (χ4v) is 5.01. The molecule has 9 heteroatoms. The number of rotatable bonds is 24. The van der Waals surface area contributed by atoms with Crippen LogP contribution in [0, 0.1) is 0 Å². The van der Waals surface area contributed by atoms with E-state index in [2.05, 4.69) is 6.92 Å². The van der Waals surface area contributed by atoms with E-state index in [0.717, 1.165) is 25.7 Å². The lowest BCUT2D eigenvalue weighted by Gasteiger charge is -2.20. The first-order chi connectivity index (χ1) is 18.2. The van der Waals surface area contributed by atoms with Gasteiger partial charge in [0.2, 0.25) is 0 Å². The molecule has 0 amide bonds. The standard InChI is InChI=1S/C29H48O8S/c1-2-3-4-5-6-7-8-9-10-11-12-13-14-16-21-26(22-23-36-25-19-17-15-18-20-25)37-29(32)27(24-28(30)31)38(33,34)35/h15,17-20,26-27H,2-14,16,21-24H2,1H3,(H,30,31)(H,33,34,35). The lowest BCUT2D eigenvalue weighted by atomic mass is 10.0. The van der Waals surface area contributed by atoms with Gasteiger partial charge in [0.15, 0.2) is 5.25 Å². The summed E-state index contributed by atoms with van der Waals surface area (Å²) in [5.74, 6) is -2.10. The Kier molecular flexibility index (Phi) is 18.5. The zero-order valence-electron chi connectivity index (χ0n) is 23.0. The highest BCUT2D eigenvalue weighted by atomic mass is 32.2. The van der Waals surface area contributed by atoms with Gasteiger partial charge < -0.3 is 14.6 Å². The van der Waals surface area contributed by atoms with Gasteiger partial charge in [0, 0.05) is 6.42 Å². The number of benzene rings is 1. The number of para-hydroxylation sites is 1. The van der Waals surface area contributed by atoms with Crippen LogP contribution in [0.2, 0.25) is 0 Å². The van der Waals surface area contributed by atoms with Crippen LogP contribution >= 0.6 is 0 Å². The average Bonchev–Trinajstić information content (AvgIpc) is 2.87. The minimum atomic E-state index is -4.90. The van der Waals surface area contributed by atoms with Gasteiger partial charge in [0.1, 0.15) is 11.9 Å². The number of carbonyl (C=O) groups is 2. The molecule has 218 valence electrons. The molecule has 0 aliphatic carbocycles. The van der Waals surface area contributed by atoms with E-state index in [1.54, 1.807) is 12.1 Å². The highest BCUT2D eigenvalue weighted by Gasteiger charge is 2.36. The second kappa shape index (κ2) is 20.8.